The first-order chi connectivity index (χ1) is 15.0. The number of nitrogens with one attached hydrogen (secondary N) is 1. The van der Waals surface area contributed by atoms with Crippen molar-refractivity contribution in [3.05, 3.63) is 34.7 Å². The number of likely N-dealkylation sites (N-methyl/N-ethyl adjacent to an activating group) is 1. The third kappa shape index (κ3) is 3.43. The largest absolute Gasteiger partial charge is 0.327 e. The smallest absolute Gasteiger partial charge is 0.313 e. The minimum absolute atomic E-state index is 0.243. The highest BCUT2D eigenvalue weighted by molar-refractivity contribution is 7.14. The van der Waals surface area contributed by atoms with Crippen molar-refractivity contribution in [2.24, 2.45) is 0 Å². The zero-order valence-corrected chi connectivity index (χ0v) is 18.5. The highest BCUT2D eigenvalue weighted by Gasteiger charge is 2.55. The number of urea groups is 1. The molecule has 1 aromatic carbocycles. The number of fused-ring (bicyclic) bond motifs is 1. The molecule has 0 unspecified atom stereocenters. The Kier molecular flexibility index (Phi) is 5.04. The first kappa shape index (κ1) is 20.2. The van der Waals surface area contributed by atoms with E-state index in [1.54, 1.807) is 7.05 Å². The van der Waals surface area contributed by atoms with E-state index in [0.29, 0.717) is 18.0 Å². The third-order valence-corrected chi connectivity index (χ3v) is 7.69. The topological polar surface area (TPSA) is 82.6 Å². The Balaban J connectivity index is 1.26. The van der Waals surface area contributed by atoms with Crippen LogP contribution in [0.25, 0.3) is 11.3 Å². The molecule has 1 aliphatic heterocycles. The fourth-order valence-electron chi connectivity index (χ4n) is 5.17. The summed E-state index contributed by atoms with van der Waals surface area (Å²) in [5.74, 6) is -0.648. The maximum absolute atomic E-state index is 13.0. The molecule has 3 aliphatic rings. The van der Waals surface area contributed by atoms with Gasteiger partial charge in [-0.15, -0.1) is 11.3 Å². The molecule has 1 saturated carbocycles. The van der Waals surface area contributed by atoms with Gasteiger partial charge in [-0.2, -0.15) is 0 Å². The SMILES string of the molecule is CN1C(=O)N(CC(=O)Nc2nc(-c3ccc4c(c3)CCC4)cs2)C(=O)C12CCCCC2. The molecule has 2 fully saturated rings. The number of amides is 4. The Bertz CT molecular complexity index is 1060. The van der Waals surface area contributed by atoms with Crippen molar-refractivity contribution in [3.63, 3.8) is 0 Å². The highest BCUT2D eigenvalue weighted by atomic mass is 32.1. The third-order valence-electron chi connectivity index (χ3n) is 6.93. The first-order valence-electron chi connectivity index (χ1n) is 11.0. The second-order valence-corrected chi connectivity index (χ2v) is 9.61. The number of anilines is 1. The van der Waals surface area contributed by atoms with E-state index < -0.39 is 11.4 Å². The lowest BCUT2D eigenvalue weighted by Crippen LogP contribution is -2.49. The standard InChI is InChI=1S/C23H26N4O3S/c1-26-22(30)27(20(29)23(26)10-3-2-4-11-23)13-19(28)25-21-24-18(14-31-21)17-9-8-15-6-5-7-16(15)12-17/h8-9,12,14H,2-7,10-11,13H2,1H3,(H,24,25,28). The molecule has 1 spiro atoms. The van der Waals surface area contributed by atoms with Gasteiger partial charge in [-0.25, -0.2) is 9.78 Å². The quantitative estimate of drug-likeness (QED) is 0.736. The summed E-state index contributed by atoms with van der Waals surface area (Å²) < 4.78 is 0. The fourth-order valence-corrected chi connectivity index (χ4v) is 5.90. The Hall–Kier alpha value is -2.74. The van der Waals surface area contributed by atoms with Gasteiger partial charge in [0.15, 0.2) is 5.13 Å². The number of aryl methyl sites for hydroxylation is 2. The van der Waals surface area contributed by atoms with Crippen molar-refractivity contribution in [2.45, 2.75) is 56.9 Å². The van der Waals surface area contributed by atoms with E-state index in [1.165, 1.54) is 33.8 Å². The number of carbonyl (C=O) groups excluding carboxylic acids is 3. The Labute approximate surface area is 185 Å². The van der Waals surface area contributed by atoms with Crippen molar-refractivity contribution in [1.82, 2.24) is 14.8 Å². The summed E-state index contributed by atoms with van der Waals surface area (Å²) in [5.41, 5.74) is 3.89. The molecule has 1 saturated heterocycles. The molecule has 2 aliphatic carbocycles. The monoisotopic (exact) mass is 438 g/mol. The predicted octanol–water partition coefficient (Wildman–Crippen LogP) is 3.83. The summed E-state index contributed by atoms with van der Waals surface area (Å²) in [7, 11) is 1.67. The molecule has 2 aromatic rings. The number of nitrogens with zero attached hydrogens (tertiary/aromatic N) is 3. The summed E-state index contributed by atoms with van der Waals surface area (Å²) in [6.07, 6.45) is 7.70. The van der Waals surface area contributed by atoms with Gasteiger partial charge >= 0.3 is 6.03 Å². The van der Waals surface area contributed by atoms with Crippen LogP contribution in [0.1, 0.15) is 49.7 Å². The molecule has 4 amide bonds. The van der Waals surface area contributed by atoms with E-state index in [1.807, 2.05) is 5.38 Å². The van der Waals surface area contributed by atoms with Gasteiger partial charge in [-0.1, -0.05) is 31.4 Å². The van der Waals surface area contributed by atoms with E-state index in [0.717, 1.165) is 48.3 Å². The first-order valence-corrected chi connectivity index (χ1v) is 11.8. The van der Waals surface area contributed by atoms with E-state index in [9.17, 15) is 14.4 Å². The van der Waals surface area contributed by atoms with Gasteiger partial charge in [0, 0.05) is 18.0 Å². The highest BCUT2D eigenvalue weighted by Crippen LogP contribution is 2.39. The molecular weight excluding hydrogens is 412 g/mol. The van der Waals surface area contributed by atoms with Crippen LogP contribution in [0, 0.1) is 0 Å². The summed E-state index contributed by atoms with van der Waals surface area (Å²) in [6.45, 7) is -0.280. The number of aromatic nitrogens is 1. The van der Waals surface area contributed by atoms with Crippen molar-refractivity contribution >= 4 is 34.3 Å². The number of hydrogen-bond donors (Lipinski definition) is 1. The molecule has 5 rings (SSSR count). The van der Waals surface area contributed by atoms with Gasteiger partial charge in [0.1, 0.15) is 12.1 Å². The molecule has 8 heteroatoms. The summed E-state index contributed by atoms with van der Waals surface area (Å²) in [5, 5.41) is 5.15. The summed E-state index contributed by atoms with van der Waals surface area (Å²) >= 11 is 1.35. The maximum Gasteiger partial charge on any atom is 0.327 e. The number of thiazole rings is 1. The van der Waals surface area contributed by atoms with Gasteiger partial charge < -0.3 is 10.2 Å². The minimum atomic E-state index is -0.766. The van der Waals surface area contributed by atoms with Crippen LogP contribution in [0.2, 0.25) is 0 Å². The van der Waals surface area contributed by atoms with Crippen molar-refractivity contribution < 1.29 is 14.4 Å². The Morgan fingerprint density at radius 3 is 2.71 bits per heavy atom. The lowest BCUT2D eigenvalue weighted by molar-refractivity contribution is -0.136. The zero-order chi connectivity index (χ0) is 21.6. The molecule has 2 heterocycles. The lowest BCUT2D eigenvalue weighted by Gasteiger charge is -2.35. The van der Waals surface area contributed by atoms with Crippen LogP contribution >= 0.6 is 11.3 Å². The number of hydrogen-bond acceptors (Lipinski definition) is 5. The molecule has 162 valence electrons. The number of imide groups is 1. The van der Waals surface area contributed by atoms with Crippen LogP contribution in [-0.2, 0) is 22.4 Å². The van der Waals surface area contributed by atoms with Crippen molar-refractivity contribution in [1.29, 1.82) is 0 Å². The van der Waals surface area contributed by atoms with Crippen molar-refractivity contribution in [2.75, 3.05) is 18.9 Å². The van der Waals surface area contributed by atoms with Crippen LogP contribution in [0.3, 0.4) is 0 Å². The summed E-state index contributed by atoms with van der Waals surface area (Å²) in [6, 6.07) is 6.04. The van der Waals surface area contributed by atoms with E-state index in [2.05, 4.69) is 28.5 Å². The Morgan fingerprint density at radius 1 is 1.13 bits per heavy atom. The molecular formula is C23H26N4O3S. The maximum atomic E-state index is 13.0. The molecule has 0 radical (unpaired) electrons. The second kappa shape index (κ2) is 7.75. The van der Waals surface area contributed by atoms with Crippen LogP contribution in [0.5, 0.6) is 0 Å². The van der Waals surface area contributed by atoms with Crippen molar-refractivity contribution in [3.8, 4) is 11.3 Å². The average molecular weight is 439 g/mol. The number of benzene rings is 1. The van der Waals surface area contributed by atoms with E-state index in [-0.39, 0.29) is 18.5 Å². The molecule has 1 aromatic heterocycles. The molecule has 1 N–H and O–H groups in total. The van der Waals surface area contributed by atoms with Gasteiger partial charge in [-0.05, 0) is 49.3 Å². The van der Waals surface area contributed by atoms with Crippen LogP contribution in [0.15, 0.2) is 23.6 Å². The van der Waals surface area contributed by atoms with Crippen LogP contribution in [0.4, 0.5) is 9.93 Å². The van der Waals surface area contributed by atoms with E-state index >= 15 is 0 Å². The molecule has 0 atom stereocenters. The number of rotatable bonds is 4. The van der Waals surface area contributed by atoms with Gasteiger partial charge in [0.05, 0.1) is 5.69 Å². The van der Waals surface area contributed by atoms with Gasteiger partial charge in [0.2, 0.25) is 5.91 Å². The van der Waals surface area contributed by atoms with Gasteiger partial charge in [0.25, 0.3) is 5.91 Å². The predicted molar refractivity (Wildman–Crippen MR) is 119 cm³/mol. The normalized spacial score (nSPS) is 19.9. The minimum Gasteiger partial charge on any atom is -0.313 e. The molecule has 7 nitrogen and oxygen atoms in total. The van der Waals surface area contributed by atoms with Gasteiger partial charge in [-0.3, -0.25) is 14.5 Å². The van der Waals surface area contributed by atoms with E-state index in [4.69, 9.17) is 0 Å². The number of carbonyl (C=O) groups is 3. The molecule has 31 heavy (non-hydrogen) atoms. The summed E-state index contributed by atoms with van der Waals surface area (Å²) in [4.78, 5) is 45.5. The van der Waals surface area contributed by atoms with Crippen LogP contribution < -0.4 is 5.32 Å². The Morgan fingerprint density at radius 2 is 1.90 bits per heavy atom. The second-order valence-electron chi connectivity index (χ2n) is 8.75. The van der Waals surface area contributed by atoms with Crippen LogP contribution in [-0.4, -0.2) is 51.8 Å². The molecule has 0 bridgehead atoms. The zero-order valence-electron chi connectivity index (χ0n) is 17.6. The lowest BCUT2D eigenvalue weighted by atomic mass is 9.81. The fraction of sp³-hybridized carbons (Fsp3) is 0.478. The average Bonchev–Trinajstić information content (AvgIpc) is 3.48.